The Morgan fingerprint density at radius 2 is 2.18 bits per heavy atom. The Hall–Kier alpha value is -0.790. The monoisotopic (exact) mass is 156 g/mol. The minimum atomic E-state index is -0.235. The minimum Gasteiger partial charge on any atom is -0.460 e. The number of hydrogen-bond donors (Lipinski definition) is 0. The summed E-state index contributed by atoms with van der Waals surface area (Å²) in [6.45, 7) is 5.85. The third kappa shape index (κ3) is 5.64. The summed E-state index contributed by atoms with van der Waals surface area (Å²) in [6, 6.07) is 0. The highest BCUT2D eigenvalue weighted by Gasteiger charge is 2.02. The van der Waals surface area contributed by atoms with E-state index < -0.39 is 0 Å². The zero-order valence-corrected chi connectivity index (χ0v) is 7.46. The molecular weight excluding hydrogens is 140 g/mol. The Morgan fingerprint density at radius 3 is 2.64 bits per heavy atom. The average Bonchev–Trinajstić information content (AvgIpc) is 2.00. The first-order valence-electron chi connectivity index (χ1n) is 4.07. The van der Waals surface area contributed by atoms with Crippen molar-refractivity contribution in [1.29, 1.82) is 0 Å². The van der Waals surface area contributed by atoms with Gasteiger partial charge in [0.25, 0.3) is 0 Å². The fourth-order valence-electron chi connectivity index (χ4n) is 0.535. The molecule has 2 heteroatoms. The van der Waals surface area contributed by atoms with Gasteiger partial charge < -0.3 is 4.74 Å². The van der Waals surface area contributed by atoms with Gasteiger partial charge in [0.05, 0.1) is 6.10 Å². The van der Waals surface area contributed by atoms with E-state index in [0.29, 0.717) is 0 Å². The Bertz CT molecular complexity index is 138. The highest BCUT2D eigenvalue weighted by atomic mass is 16.5. The number of rotatable bonds is 4. The van der Waals surface area contributed by atoms with Gasteiger partial charge in [-0.2, -0.15) is 0 Å². The van der Waals surface area contributed by atoms with Gasteiger partial charge in [0.1, 0.15) is 0 Å². The van der Waals surface area contributed by atoms with Crippen LogP contribution in [0.4, 0.5) is 0 Å². The molecule has 0 amide bonds. The molecule has 1 unspecified atom stereocenters. The van der Waals surface area contributed by atoms with E-state index in [9.17, 15) is 4.79 Å². The molecule has 0 N–H and O–H groups in total. The van der Waals surface area contributed by atoms with Gasteiger partial charge in [0, 0.05) is 6.08 Å². The van der Waals surface area contributed by atoms with Crippen molar-refractivity contribution in [1.82, 2.24) is 0 Å². The van der Waals surface area contributed by atoms with Crippen molar-refractivity contribution in [2.75, 3.05) is 0 Å². The molecule has 11 heavy (non-hydrogen) atoms. The normalized spacial score (nSPS) is 13.4. The Morgan fingerprint density at radius 1 is 1.55 bits per heavy atom. The summed E-state index contributed by atoms with van der Waals surface area (Å²) in [6.07, 6.45) is 5.04. The van der Waals surface area contributed by atoms with Crippen LogP contribution < -0.4 is 0 Å². The maximum Gasteiger partial charge on any atom is 0.330 e. The molecule has 0 spiro atoms. The second-order valence-corrected chi connectivity index (χ2v) is 2.47. The molecule has 0 aliphatic carbocycles. The quantitative estimate of drug-likeness (QED) is 0.461. The highest BCUT2D eigenvalue weighted by molar-refractivity contribution is 5.81. The van der Waals surface area contributed by atoms with Crippen molar-refractivity contribution in [2.24, 2.45) is 0 Å². The van der Waals surface area contributed by atoms with Crippen molar-refractivity contribution in [3.63, 3.8) is 0 Å². The van der Waals surface area contributed by atoms with Crippen LogP contribution in [0.25, 0.3) is 0 Å². The fraction of sp³-hybridized carbons (Fsp3) is 0.667. The predicted molar refractivity (Wildman–Crippen MR) is 45.3 cm³/mol. The molecule has 2 nitrogen and oxygen atoms in total. The minimum absolute atomic E-state index is 0.0315. The van der Waals surface area contributed by atoms with Gasteiger partial charge in [0.2, 0.25) is 0 Å². The number of carbonyl (C=O) groups excluding carboxylic acids is 1. The summed E-state index contributed by atoms with van der Waals surface area (Å²) in [7, 11) is 0. The van der Waals surface area contributed by atoms with Gasteiger partial charge in [-0.1, -0.05) is 19.9 Å². The maximum atomic E-state index is 10.9. The fourth-order valence-corrected chi connectivity index (χ4v) is 0.535. The second kappa shape index (κ2) is 5.96. The lowest BCUT2D eigenvalue weighted by Crippen LogP contribution is -2.11. The summed E-state index contributed by atoms with van der Waals surface area (Å²) in [5.74, 6) is -0.235. The first-order chi connectivity index (χ1) is 5.20. The van der Waals surface area contributed by atoms with Crippen LogP contribution in [-0.2, 0) is 9.53 Å². The lowest BCUT2D eigenvalue weighted by Gasteiger charge is -2.07. The van der Waals surface area contributed by atoms with Crippen molar-refractivity contribution < 1.29 is 9.53 Å². The molecule has 0 heterocycles. The third-order valence-electron chi connectivity index (χ3n) is 1.38. The van der Waals surface area contributed by atoms with Crippen molar-refractivity contribution in [3.05, 3.63) is 12.2 Å². The molecule has 0 aliphatic heterocycles. The Balaban J connectivity index is 3.60. The van der Waals surface area contributed by atoms with Gasteiger partial charge in [0.15, 0.2) is 0 Å². The van der Waals surface area contributed by atoms with E-state index in [1.807, 2.05) is 20.8 Å². The molecule has 0 aromatic heterocycles. The van der Waals surface area contributed by atoms with E-state index in [1.165, 1.54) is 6.08 Å². The lowest BCUT2D eigenvalue weighted by molar-refractivity contribution is -0.142. The number of ether oxygens (including phenoxy) is 1. The molecule has 0 fully saturated rings. The zero-order valence-electron chi connectivity index (χ0n) is 7.46. The van der Waals surface area contributed by atoms with Crippen LogP contribution in [0, 0.1) is 0 Å². The number of carbonyl (C=O) groups is 1. The highest BCUT2D eigenvalue weighted by Crippen LogP contribution is 1.96. The van der Waals surface area contributed by atoms with E-state index in [4.69, 9.17) is 4.74 Å². The van der Waals surface area contributed by atoms with Crippen LogP contribution in [0.2, 0.25) is 0 Å². The van der Waals surface area contributed by atoms with E-state index in [0.717, 1.165) is 12.8 Å². The molecular formula is C9H16O2. The smallest absolute Gasteiger partial charge is 0.330 e. The standard InChI is InChI=1S/C9H16O2/c1-4-6-7-9(10)11-8(3)5-2/h6-8H,4-5H2,1-3H3/b7-6+. The van der Waals surface area contributed by atoms with Crippen LogP contribution in [0.3, 0.4) is 0 Å². The van der Waals surface area contributed by atoms with E-state index in [1.54, 1.807) is 6.08 Å². The summed E-state index contributed by atoms with van der Waals surface area (Å²) >= 11 is 0. The Kier molecular flexibility index (Phi) is 5.53. The van der Waals surface area contributed by atoms with E-state index in [2.05, 4.69) is 0 Å². The van der Waals surface area contributed by atoms with Crippen LogP contribution in [-0.4, -0.2) is 12.1 Å². The lowest BCUT2D eigenvalue weighted by atomic mass is 10.3. The van der Waals surface area contributed by atoms with Crippen molar-refractivity contribution in [2.45, 2.75) is 39.7 Å². The van der Waals surface area contributed by atoms with Gasteiger partial charge in [-0.15, -0.1) is 0 Å². The zero-order chi connectivity index (χ0) is 8.69. The molecule has 0 aliphatic rings. The van der Waals surface area contributed by atoms with Crippen LogP contribution >= 0.6 is 0 Å². The van der Waals surface area contributed by atoms with E-state index >= 15 is 0 Å². The number of hydrogen-bond acceptors (Lipinski definition) is 2. The predicted octanol–water partition coefficient (Wildman–Crippen LogP) is 2.29. The first kappa shape index (κ1) is 10.2. The number of allylic oxidation sites excluding steroid dienone is 1. The largest absolute Gasteiger partial charge is 0.460 e. The van der Waals surface area contributed by atoms with Gasteiger partial charge in [-0.05, 0) is 19.8 Å². The molecule has 64 valence electrons. The second-order valence-electron chi connectivity index (χ2n) is 2.47. The van der Waals surface area contributed by atoms with E-state index in [-0.39, 0.29) is 12.1 Å². The SMILES string of the molecule is CC/C=C/C(=O)OC(C)CC. The van der Waals surface area contributed by atoms with Crippen LogP contribution in [0.5, 0.6) is 0 Å². The number of esters is 1. The molecule has 1 atom stereocenters. The summed E-state index contributed by atoms with van der Waals surface area (Å²) < 4.78 is 4.98. The van der Waals surface area contributed by atoms with Crippen molar-refractivity contribution in [3.8, 4) is 0 Å². The molecule has 0 radical (unpaired) electrons. The summed E-state index contributed by atoms with van der Waals surface area (Å²) in [4.78, 5) is 10.9. The Labute approximate surface area is 68.2 Å². The summed E-state index contributed by atoms with van der Waals surface area (Å²) in [5, 5.41) is 0. The van der Waals surface area contributed by atoms with Crippen molar-refractivity contribution >= 4 is 5.97 Å². The first-order valence-corrected chi connectivity index (χ1v) is 4.07. The third-order valence-corrected chi connectivity index (χ3v) is 1.38. The topological polar surface area (TPSA) is 26.3 Å². The van der Waals surface area contributed by atoms with Gasteiger partial charge in [-0.25, -0.2) is 4.79 Å². The maximum absolute atomic E-state index is 10.9. The molecule has 0 saturated heterocycles. The van der Waals surface area contributed by atoms with Crippen LogP contribution in [0.1, 0.15) is 33.6 Å². The molecule has 0 rings (SSSR count). The summed E-state index contributed by atoms with van der Waals surface area (Å²) in [5.41, 5.74) is 0. The molecule has 0 aromatic rings. The molecule has 0 bridgehead atoms. The van der Waals surface area contributed by atoms with Crippen LogP contribution in [0.15, 0.2) is 12.2 Å². The van der Waals surface area contributed by atoms with Gasteiger partial charge in [-0.3, -0.25) is 0 Å². The average molecular weight is 156 g/mol. The van der Waals surface area contributed by atoms with Gasteiger partial charge >= 0.3 is 5.97 Å². The molecule has 0 saturated carbocycles. The molecule has 0 aromatic carbocycles.